The Labute approximate surface area is 91.3 Å². The average Bonchev–Trinajstić information content (AvgIpc) is 2.25. The summed E-state index contributed by atoms with van der Waals surface area (Å²) in [5, 5.41) is 9.22. The van der Waals surface area contributed by atoms with Gasteiger partial charge >= 0.3 is 0 Å². The lowest BCUT2D eigenvalue weighted by atomic mass is 10.3. The van der Waals surface area contributed by atoms with Crippen LogP contribution in [0.1, 0.15) is 13.8 Å². The van der Waals surface area contributed by atoms with Crippen molar-refractivity contribution >= 4 is 0 Å². The van der Waals surface area contributed by atoms with Gasteiger partial charge in [-0.05, 0) is 25.2 Å². The molecule has 0 aromatic heterocycles. The number of phenols is 1. The number of hydrogen-bond acceptors (Lipinski definition) is 3. The molecule has 0 aliphatic rings. The molecule has 15 heavy (non-hydrogen) atoms. The van der Waals surface area contributed by atoms with Crippen LogP contribution in [0.15, 0.2) is 24.3 Å². The minimum atomic E-state index is 0.246. The Bertz CT molecular complexity index is 285. The van der Waals surface area contributed by atoms with Crippen molar-refractivity contribution in [2.45, 2.75) is 13.8 Å². The third kappa shape index (κ3) is 4.21. The van der Waals surface area contributed by atoms with E-state index >= 15 is 0 Å². The lowest BCUT2D eigenvalue weighted by molar-refractivity contribution is 0.222. The van der Waals surface area contributed by atoms with Crippen molar-refractivity contribution < 1.29 is 9.84 Å². The van der Waals surface area contributed by atoms with Crippen LogP contribution < -0.4 is 4.74 Å². The van der Waals surface area contributed by atoms with Crippen LogP contribution >= 0.6 is 0 Å². The quantitative estimate of drug-likeness (QED) is 0.779. The summed E-state index contributed by atoms with van der Waals surface area (Å²) < 4.78 is 5.52. The summed E-state index contributed by atoms with van der Waals surface area (Å²) in [6.45, 7) is 7.93. The van der Waals surface area contributed by atoms with E-state index in [2.05, 4.69) is 18.7 Å². The molecule has 3 nitrogen and oxygen atoms in total. The van der Waals surface area contributed by atoms with Crippen LogP contribution in [-0.2, 0) is 0 Å². The van der Waals surface area contributed by atoms with Crippen LogP contribution in [0.5, 0.6) is 11.5 Å². The Morgan fingerprint density at radius 2 is 2.00 bits per heavy atom. The van der Waals surface area contributed by atoms with E-state index in [0.29, 0.717) is 6.61 Å². The maximum atomic E-state index is 9.22. The third-order valence-electron chi connectivity index (χ3n) is 2.39. The summed E-state index contributed by atoms with van der Waals surface area (Å²) in [6, 6.07) is 6.89. The second kappa shape index (κ2) is 6.30. The fourth-order valence-corrected chi connectivity index (χ4v) is 1.41. The number of benzene rings is 1. The molecule has 1 aromatic carbocycles. The normalized spacial score (nSPS) is 10.6. The number of phenolic OH excluding ortho intramolecular Hbond substituents is 1. The molecule has 0 unspecified atom stereocenters. The minimum Gasteiger partial charge on any atom is -0.508 e. The molecule has 0 saturated heterocycles. The summed E-state index contributed by atoms with van der Waals surface area (Å²) in [5.41, 5.74) is 0. The molecule has 0 spiro atoms. The van der Waals surface area contributed by atoms with E-state index in [1.165, 1.54) is 0 Å². The second-order valence-electron chi connectivity index (χ2n) is 3.37. The van der Waals surface area contributed by atoms with Gasteiger partial charge < -0.3 is 14.7 Å². The van der Waals surface area contributed by atoms with Crippen molar-refractivity contribution in [3.63, 3.8) is 0 Å². The topological polar surface area (TPSA) is 32.7 Å². The van der Waals surface area contributed by atoms with Crippen molar-refractivity contribution in [2.24, 2.45) is 0 Å². The summed E-state index contributed by atoms with van der Waals surface area (Å²) in [5.74, 6) is 0.970. The molecule has 0 aliphatic heterocycles. The number of nitrogens with zero attached hydrogens (tertiary/aromatic N) is 1. The molecule has 0 heterocycles. The number of hydrogen-bond donors (Lipinski definition) is 1. The summed E-state index contributed by atoms with van der Waals surface area (Å²) in [6.07, 6.45) is 0. The molecule has 0 amide bonds. The van der Waals surface area contributed by atoms with Gasteiger partial charge in [0.2, 0.25) is 0 Å². The highest BCUT2D eigenvalue weighted by atomic mass is 16.5. The Hall–Kier alpha value is -1.22. The maximum absolute atomic E-state index is 9.22. The number of ether oxygens (including phenoxy) is 1. The first-order valence-corrected chi connectivity index (χ1v) is 5.40. The van der Waals surface area contributed by atoms with Gasteiger partial charge in [-0.1, -0.05) is 19.9 Å². The van der Waals surface area contributed by atoms with E-state index in [0.717, 1.165) is 25.4 Å². The van der Waals surface area contributed by atoms with Crippen molar-refractivity contribution in [3.05, 3.63) is 24.3 Å². The molecule has 3 heteroatoms. The van der Waals surface area contributed by atoms with Gasteiger partial charge in [0.05, 0.1) is 0 Å². The first-order valence-electron chi connectivity index (χ1n) is 5.40. The van der Waals surface area contributed by atoms with Gasteiger partial charge in [0, 0.05) is 12.6 Å². The van der Waals surface area contributed by atoms with Gasteiger partial charge in [-0.3, -0.25) is 0 Å². The number of aromatic hydroxyl groups is 1. The van der Waals surface area contributed by atoms with Gasteiger partial charge in [-0.25, -0.2) is 0 Å². The standard InChI is InChI=1S/C12H19NO2/c1-3-13(4-2)8-9-15-12-7-5-6-11(14)10-12/h5-7,10,14H,3-4,8-9H2,1-2H3. The maximum Gasteiger partial charge on any atom is 0.123 e. The van der Waals surface area contributed by atoms with Gasteiger partial charge in [0.15, 0.2) is 0 Å². The summed E-state index contributed by atoms with van der Waals surface area (Å²) in [7, 11) is 0. The molecule has 1 aromatic rings. The van der Waals surface area contributed by atoms with Gasteiger partial charge in [0.25, 0.3) is 0 Å². The fraction of sp³-hybridized carbons (Fsp3) is 0.500. The Kier molecular flexibility index (Phi) is 4.98. The van der Waals surface area contributed by atoms with Crippen LogP contribution in [0, 0.1) is 0 Å². The predicted molar refractivity (Wildman–Crippen MR) is 61.4 cm³/mol. The second-order valence-corrected chi connectivity index (χ2v) is 3.37. The largest absolute Gasteiger partial charge is 0.508 e. The van der Waals surface area contributed by atoms with Crippen LogP contribution in [0.2, 0.25) is 0 Å². The van der Waals surface area contributed by atoms with Crippen molar-refractivity contribution in [1.82, 2.24) is 4.90 Å². The Morgan fingerprint density at radius 3 is 2.60 bits per heavy atom. The van der Waals surface area contributed by atoms with E-state index in [1.54, 1.807) is 18.2 Å². The van der Waals surface area contributed by atoms with Crippen LogP contribution in [0.3, 0.4) is 0 Å². The number of rotatable bonds is 6. The van der Waals surface area contributed by atoms with Crippen molar-refractivity contribution in [1.29, 1.82) is 0 Å². The molecule has 0 bridgehead atoms. The van der Waals surface area contributed by atoms with E-state index in [1.807, 2.05) is 6.07 Å². The molecule has 0 atom stereocenters. The fourth-order valence-electron chi connectivity index (χ4n) is 1.41. The molecule has 1 rings (SSSR count). The highest BCUT2D eigenvalue weighted by Crippen LogP contribution is 2.17. The molecule has 1 N–H and O–H groups in total. The monoisotopic (exact) mass is 209 g/mol. The molecule has 0 aliphatic carbocycles. The lowest BCUT2D eigenvalue weighted by Crippen LogP contribution is -2.27. The third-order valence-corrected chi connectivity index (χ3v) is 2.39. The summed E-state index contributed by atoms with van der Waals surface area (Å²) >= 11 is 0. The van der Waals surface area contributed by atoms with E-state index in [4.69, 9.17) is 4.74 Å². The zero-order chi connectivity index (χ0) is 11.1. The van der Waals surface area contributed by atoms with Gasteiger partial charge in [-0.2, -0.15) is 0 Å². The Morgan fingerprint density at radius 1 is 1.27 bits per heavy atom. The summed E-state index contributed by atoms with van der Waals surface area (Å²) in [4.78, 5) is 2.29. The van der Waals surface area contributed by atoms with Gasteiger partial charge in [0.1, 0.15) is 18.1 Å². The van der Waals surface area contributed by atoms with Crippen LogP contribution in [-0.4, -0.2) is 36.2 Å². The van der Waals surface area contributed by atoms with Crippen molar-refractivity contribution in [3.8, 4) is 11.5 Å². The number of likely N-dealkylation sites (N-methyl/N-ethyl adjacent to an activating group) is 1. The minimum absolute atomic E-state index is 0.246. The van der Waals surface area contributed by atoms with E-state index in [-0.39, 0.29) is 5.75 Å². The highest BCUT2D eigenvalue weighted by Gasteiger charge is 1.99. The molecular formula is C12H19NO2. The predicted octanol–water partition coefficient (Wildman–Crippen LogP) is 2.11. The zero-order valence-electron chi connectivity index (χ0n) is 9.44. The van der Waals surface area contributed by atoms with Crippen LogP contribution in [0.4, 0.5) is 0 Å². The van der Waals surface area contributed by atoms with Crippen molar-refractivity contribution in [2.75, 3.05) is 26.2 Å². The SMILES string of the molecule is CCN(CC)CCOc1cccc(O)c1. The molecule has 0 fully saturated rings. The zero-order valence-corrected chi connectivity index (χ0v) is 9.44. The van der Waals surface area contributed by atoms with Gasteiger partial charge in [-0.15, -0.1) is 0 Å². The van der Waals surface area contributed by atoms with E-state index < -0.39 is 0 Å². The average molecular weight is 209 g/mol. The highest BCUT2D eigenvalue weighted by molar-refractivity contribution is 5.31. The van der Waals surface area contributed by atoms with Crippen LogP contribution in [0.25, 0.3) is 0 Å². The Balaban J connectivity index is 2.31. The molecule has 0 saturated carbocycles. The molecule has 84 valence electrons. The van der Waals surface area contributed by atoms with E-state index in [9.17, 15) is 5.11 Å². The lowest BCUT2D eigenvalue weighted by Gasteiger charge is -2.17. The smallest absolute Gasteiger partial charge is 0.123 e. The first-order chi connectivity index (χ1) is 7.26. The first kappa shape index (κ1) is 11.9. The molecular weight excluding hydrogens is 190 g/mol. The molecule has 0 radical (unpaired) electrons.